The number of methoxy groups -OCH3 is 2. The maximum absolute atomic E-state index is 12.9. The summed E-state index contributed by atoms with van der Waals surface area (Å²) in [5.74, 6) is 1.06. The van der Waals surface area contributed by atoms with E-state index >= 15 is 0 Å². The highest BCUT2D eigenvalue weighted by atomic mass is 16.5. The molecule has 156 valence electrons. The predicted octanol–water partition coefficient (Wildman–Crippen LogP) is 4.41. The van der Waals surface area contributed by atoms with Crippen LogP contribution in [-0.4, -0.2) is 24.7 Å². The number of hydrazine groups is 1. The molecule has 1 aromatic heterocycles. The van der Waals surface area contributed by atoms with Crippen molar-refractivity contribution in [3.8, 4) is 17.2 Å². The number of aromatic nitrogens is 1. The molecule has 6 heteroatoms. The molecule has 1 amide bonds. The number of carbonyl (C=O) groups is 1. The van der Waals surface area contributed by atoms with Crippen LogP contribution in [-0.2, 0) is 0 Å². The van der Waals surface area contributed by atoms with Gasteiger partial charge in [0.1, 0.15) is 0 Å². The smallest absolute Gasteiger partial charge is 0.271 e. The summed E-state index contributed by atoms with van der Waals surface area (Å²) in [5.41, 5.74) is 11.0. The number of amides is 1. The summed E-state index contributed by atoms with van der Waals surface area (Å²) in [6, 6.07) is 17.5. The van der Waals surface area contributed by atoms with Gasteiger partial charge in [-0.2, -0.15) is 0 Å². The molecule has 0 aliphatic carbocycles. The predicted molar refractivity (Wildman–Crippen MR) is 119 cm³/mol. The summed E-state index contributed by atoms with van der Waals surface area (Å²) >= 11 is 0. The molecule has 0 radical (unpaired) electrons. The third kappa shape index (κ3) is 4.17. The topological polar surface area (TPSA) is 64.5 Å². The number of hydrogen-bond acceptors (Lipinski definition) is 4. The minimum atomic E-state index is -0.204. The van der Waals surface area contributed by atoms with Crippen LogP contribution in [0.15, 0.2) is 60.7 Å². The van der Waals surface area contributed by atoms with Crippen molar-refractivity contribution >= 4 is 11.6 Å². The van der Waals surface area contributed by atoms with Crippen LogP contribution in [0.5, 0.6) is 11.5 Å². The lowest BCUT2D eigenvalue weighted by atomic mass is 10.1. The molecule has 0 saturated carbocycles. The Labute approximate surface area is 177 Å². The van der Waals surface area contributed by atoms with Crippen LogP contribution in [0, 0.1) is 13.8 Å². The molecule has 0 spiro atoms. The molecule has 0 aliphatic heterocycles. The summed E-state index contributed by atoms with van der Waals surface area (Å²) in [7, 11) is 3.19. The quantitative estimate of drug-likeness (QED) is 0.572. The summed E-state index contributed by atoms with van der Waals surface area (Å²) in [4.78, 5) is 12.9. The first-order chi connectivity index (χ1) is 14.5. The second kappa shape index (κ2) is 9.22. The summed E-state index contributed by atoms with van der Waals surface area (Å²) in [6.45, 7) is 5.83. The van der Waals surface area contributed by atoms with E-state index < -0.39 is 0 Å². The molecule has 0 aliphatic rings. The van der Waals surface area contributed by atoms with Crippen LogP contribution in [0.3, 0.4) is 0 Å². The standard InChI is InChI=1S/C24H27N3O3/c1-6-21(18-12-13-22(29-4)23(15-18)30-5)25-26-24(28)20-14-16(2)27(17(20)3)19-10-8-7-9-11-19/h6-15,25H,1-5H3,(H,26,28)/b21-6-. The molecule has 0 fully saturated rings. The Hall–Kier alpha value is -3.67. The van der Waals surface area contributed by atoms with Gasteiger partial charge in [-0.15, -0.1) is 0 Å². The first-order valence-electron chi connectivity index (χ1n) is 9.69. The largest absolute Gasteiger partial charge is 0.493 e. The molecular weight excluding hydrogens is 378 g/mol. The van der Waals surface area contributed by atoms with Gasteiger partial charge in [-0.25, -0.2) is 0 Å². The number of ether oxygens (including phenoxy) is 2. The zero-order valence-corrected chi connectivity index (χ0v) is 17.9. The van der Waals surface area contributed by atoms with Gasteiger partial charge in [-0.3, -0.25) is 15.6 Å². The van der Waals surface area contributed by atoms with Gasteiger partial charge < -0.3 is 14.0 Å². The average Bonchev–Trinajstić information content (AvgIpc) is 3.08. The number of hydrogen-bond donors (Lipinski definition) is 2. The molecule has 30 heavy (non-hydrogen) atoms. The molecule has 0 bridgehead atoms. The van der Waals surface area contributed by atoms with Crippen LogP contribution in [0.1, 0.15) is 34.2 Å². The van der Waals surface area contributed by atoms with Crippen molar-refractivity contribution in [2.24, 2.45) is 0 Å². The first-order valence-corrected chi connectivity index (χ1v) is 9.69. The van der Waals surface area contributed by atoms with Crippen molar-refractivity contribution in [2.45, 2.75) is 20.8 Å². The van der Waals surface area contributed by atoms with Crippen LogP contribution in [0.2, 0.25) is 0 Å². The third-order valence-electron chi connectivity index (χ3n) is 4.98. The fraction of sp³-hybridized carbons (Fsp3) is 0.208. The minimum Gasteiger partial charge on any atom is -0.493 e. The van der Waals surface area contributed by atoms with E-state index in [1.807, 2.05) is 81.4 Å². The minimum absolute atomic E-state index is 0.204. The Morgan fingerprint density at radius 3 is 2.27 bits per heavy atom. The summed E-state index contributed by atoms with van der Waals surface area (Å²) < 4.78 is 12.7. The second-order valence-electron chi connectivity index (χ2n) is 6.81. The van der Waals surface area contributed by atoms with Gasteiger partial charge in [0.25, 0.3) is 5.91 Å². The summed E-state index contributed by atoms with van der Waals surface area (Å²) in [6.07, 6.45) is 1.88. The number of nitrogens with one attached hydrogen (secondary N) is 2. The van der Waals surface area contributed by atoms with E-state index in [-0.39, 0.29) is 5.91 Å². The van der Waals surface area contributed by atoms with Gasteiger partial charge in [0, 0.05) is 22.6 Å². The Morgan fingerprint density at radius 1 is 0.933 bits per heavy atom. The first kappa shape index (κ1) is 21.0. The Balaban J connectivity index is 1.78. The number of nitrogens with zero attached hydrogens (tertiary/aromatic N) is 1. The van der Waals surface area contributed by atoms with Gasteiger partial charge in [0.15, 0.2) is 11.5 Å². The maximum Gasteiger partial charge on any atom is 0.271 e. The van der Waals surface area contributed by atoms with Crippen molar-refractivity contribution in [2.75, 3.05) is 14.2 Å². The highest BCUT2D eigenvalue weighted by Gasteiger charge is 2.17. The van der Waals surface area contributed by atoms with Crippen molar-refractivity contribution in [1.82, 2.24) is 15.4 Å². The molecule has 0 saturated heterocycles. The fourth-order valence-electron chi connectivity index (χ4n) is 3.47. The average molecular weight is 405 g/mol. The molecule has 0 unspecified atom stereocenters. The van der Waals surface area contributed by atoms with E-state index in [1.165, 1.54) is 0 Å². The van der Waals surface area contributed by atoms with Crippen molar-refractivity contribution in [3.63, 3.8) is 0 Å². The number of benzene rings is 2. The zero-order chi connectivity index (χ0) is 21.7. The van der Waals surface area contributed by atoms with E-state index in [0.29, 0.717) is 17.1 Å². The Morgan fingerprint density at radius 2 is 1.63 bits per heavy atom. The maximum atomic E-state index is 12.9. The van der Waals surface area contributed by atoms with Crippen LogP contribution in [0.25, 0.3) is 11.4 Å². The van der Waals surface area contributed by atoms with E-state index in [0.717, 1.165) is 28.3 Å². The van der Waals surface area contributed by atoms with E-state index in [1.54, 1.807) is 14.2 Å². The molecule has 0 atom stereocenters. The summed E-state index contributed by atoms with van der Waals surface area (Å²) in [5, 5.41) is 0. The molecule has 2 N–H and O–H groups in total. The van der Waals surface area contributed by atoms with Crippen molar-refractivity contribution in [1.29, 1.82) is 0 Å². The van der Waals surface area contributed by atoms with Crippen LogP contribution < -0.4 is 20.3 Å². The number of aryl methyl sites for hydroxylation is 1. The van der Waals surface area contributed by atoms with E-state index in [2.05, 4.69) is 15.4 Å². The Bertz CT molecular complexity index is 1070. The van der Waals surface area contributed by atoms with Gasteiger partial charge in [-0.05, 0) is 57.2 Å². The van der Waals surface area contributed by atoms with Gasteiger partial charge >= 0.3 is 0 Å². The van der Waals surface area contributed by atoms with Crippen molar-refractivity contribution < 1.29 is 14.3 Å². The fourth-order valence-corrected chi connectivity index (χ4v) is 3.47. The number of carbonyl (C=O) groups excluding carboxylic acids is 1. The number of rotatable bonds is 7. The van der Waals surface area contributed by atoms with Gasteiger partial charge in [0.05, 0.1) is 25.5 Å². The molecular formula is C24H27N3O3. The second-order valence-corrected chi connectivity index (χ2v) is 6.81. The molecule has 2 aromatic carbocycles. The lowest BCUT2D eigenvalue weighted by Crippen LogP contribution is -2.36. The zero-order valence-electron chi connectivity index (χ0n) is 17.9. The lowest BCUT2D eigenvalue weighted by Gasteiger charge is -2.15. The highest BCUT2D eigenvalue weighted by molar-refractivity contribution is 5.96. The SMILES string of the molecule is C/C=C(\NNC(=O)c1cc(C)n(-c2ccccc2)c1C)c1ccc(OC)c(OC)c1. The monoisotopic (exact) mass is 405 g/mol. The van der Waals surface area contributed by atoms with Crippen LogP contribution >= 0.6 is 0 Å². The highest BCUT2D eigenvalue weighted by Crippen LogP contribution is 2.29. The molecule has 6 nitrogen and oxygen atoms in total. The Kier molecular flexibility index (Phi) is 6.47. The van der Waals surface area contributed by atoms with E-state index in [9.17, 15) is 4.79 Å². The molecule has 3 rings (SSSR count). The van der Waals surface area contributed by atoms with Gasteiger partial charge in [-0.1, -0.05) is 24.3 Å². The van der Waals surface area contributed by atoms with Crippen LogP contribution in [0.4, 0.5) is 0 Å². The lowest BCUT2D eigenvalue weighted by molar-refractivity contribution is 0.0942. The van der Waals surface area contributed by atoms with E-state index in [4.69, 9.17) is 9.47 Å². The number of para-hydroxylation sites is 1. The number of allylic oxidation sites excluding steroid dienone is 1. The normalized spacial score (nSPS) is 11.2. The van der Waals surface area contributed by atoms with Crippen molar-refractivity contribution in [3.05, 3.63) is 83.2 Å². The van der Waals surface area contributed by atoms with Gasteiger partial charge in [0.2, 0.25) is 0 Å². The molecule has 3 aromatic rings. The molecule has 1 heterocycles. The third-order valence-corrected chi connectivity index (χ3v) is 4.98.